The molecule has 1 heterocycles. The number of likely N-dealkylation sites (tertiary alicyclic amines) is 1. The second-order valence-corrected chi connectivity index (χ2v) is 7.44. The summed E-state index contributed by atoms with van der Waals surface area (Å²) in [5.74, 6) is 3.12. The minimum Gasteiger partial charge on any atom is -0.496 e. The van der Waals surface area contributed by atoms with E-state index < -0.39 is 0 Å². The van der Waals surface area contributed by atoms with Gasteiger partial charge in [-0.2, -0.15) is 0 Å². The lowest BCUT2D eigenvalue weighted by Crippen LogP contribution is -2.43. The summed E-state index contributed by atoms with van der Waals surface area (Å²) in [6, 6.07) is 5.78. The van der Waals surface area contributed by atoms with Crippen LogP contribution in [0.4, 0.5) is 4.39 Å². The quantitative estimate of drug-likeness (QED) is 0.829. The van der Waals surface area contributed by atoms with Crippen LogP contribution in [0.15, 0.2) is 18.2 Å². The van der Waals surface area contributed by atoms with E-state index in [9.17, 15) is 4.39 Å². The number of rotatable bonds is 3. The predicted molar refractivity (Wildman–Crippen MR) is 85.7 cm³/mol. The highest BCUT2D eigenvalue weighted by molar-refractivity contribution is 5.37. The Hall–Kier alpha value is -1.09. The molecule has 3 aliphatic rings. The maximum Gasteiger partial charge on any atom is 0.123 e. The van der Waals surface area contributed by atoms with Crippen molar-refractivity contribution >= 4 is 0 Å². The Morgan fingerprint density at radius 3 is 2.55 bits per heavy atom. The molecule has 3 atom stereocenters. The monoisotopic (exact) mass is 303 g/mol. The molecule has 2 aliphatic carbocycles. The van der Waals surface area contributed by atoms with Gasteiger partial charge >= 0.3 is 0 Å². The van der Waals surface area contributed by atoms with Crippen molar-refractivity contribution in [3.8, 4) is 5.75 Å². The lowest BCUT2D eigenvalue weighted by molar-refractivity contribution is 0.110. The van der Waals surface area contributed by atoms with Crippen LogP contribution >= 0.6 is 0 Å². The summed E-state index contributed by atoms with van der Waals surface area (Å²) in [4.78, 5) is 2.73. The van der Waals surface area contributed by atoms with E-state index in [0.717, 1.165) is 55.1 Å². The fourth-order valence-corrected chi connectivity index (χ4v) is 5.22. The fraction of sp³-hybridized carbons (Fsp3) is 0.684. The number of piperidine rings is 1. The number of halogens is 1. The van der Waals surface area contributed by atoms with Crippen LogP contribution < -0.4 is 4.74 Å². The van der Waals surface area contributed by atoms with Crippen LogP contribution in [-0.4, -0.2) is 31.1 Å². The number of benzene rings is 1. The molecule has 0 radical (unpaired) electrons. The number of hydrogen-bond acceptors (Lipinski definition) is 2. The van der Waals surface area contributed by atoms with Crippen molar-refractivity contribution in [1.82, 2.24) is 4.90 Å². The first-order valence-corrected chi connectivity index (χ1v) is 8.82. The van der Waals surface area contributed by atoms with Gasteiger partial charge in [-0.1, -0.05) is 6.42 Å². The zero-order chi connectivity index (χ0) is 15.1. The third-order valence-electron chi connectivity index (χ3n) is 6.33. The van der Waals surface area contributed by atoms with E-state index in [1.54, 1.807) is 19.2 Å². The predicted octanol–water partition coefficient (Wildman–Crippen LogP) is 4.20. The van der Waals surface area contributed by atoms with Gasteiger partial charge in [-0.3, -0.25) is 0 Å². The summed E-state index contributed by atoms with van der Waals surface area (Å²) in [5, 5.41) is 0. The lowest BCUT2D eigenvalue weighted by Gasteiger charge is -2.40. The van der Waals surface area contributed by atoms with Crippen molar-refractivity contribution in [3.63, 3.8) is 0 Å². The summed E-state index contributed by atoms with van der Waals surface area (Å²) in [5.41, 5.74) is 1.06. The van der Waals surface area contributed by atoms with E-state index in [0.29, 0.717) is 5.92 Å². The average Bonchev–Trinajstić information content (AvgIpc) is 3.18. The maximum atomic E-state index is 13.6. The Balaban J connectivity index is 1.43. The highest BCUT2D eigenvalue weighted by Crippen LogP contribution is 2.47. The Morgan fingerprint density at radius 2 is 1.91 bits per heavy atom. The molecular weight excluding hydrogens is 277 g/mol. The summed E-state index contributed by atoms with van der Waals surface area (Å²) < 4.78 is 19.0. The van der Waals surface area contributed by atoms with E-state index in [1.165, 1.54) is 31.7 Å². The molecule has 0 unspecified atom stereocenters. The summed E-state index contributed by atoms with van der Waals surface area (Å²) in [6.45, 7) is 2.33. The topological polar surface area (TPSA) is 12.5 Å². The molecule has 120 valence electrons. The van der Waals surface area contributed by atoms with Crippen LogP contribution in [0, 0.1) is 17.7 Å². The minimum atomic E-state index is -0.147. The van der Waals surface area contributed by atoms with E-state index in [4.69, 9.17) is 4.74 Å². The van der Waals surface area contributed by atoms with Gasteiger partial charge in [0.25, 0.3) is 0 Å². The van der Waals surface area contributed by atoms with Crippen molar-refractivity contribution < 1.29 is 9.13 Å². The van der Waals surface area contributed by atoms with Gasteiger partial charge in [-0.05, 0) is 81.1 Å². The van der Waals surface area contributed by atoms with Gasteiger partial charge in [-0.15, -0.1) is 0 Å². The van der Waals surface area contributed by atoms with Gasteiger partial charge in [0.2, 0.25) is 0 Å². The second kappa shape index (κ2) is 5.84. The van der Waals surface area contributed by atoms with Crippen LogP contribution in [-0.2, 0) is 0 Å². The minimum absolute atomic E-state index is 0.147. The van der Waals surface area contributed by atoms with Gasteiger partial charge in [0.1, 0.15) is 11.6 Å². The number of ether oxygens (including phenoxy) is 1. The molecule has 3 fully saturated rings. The fourth-order valence-electron chi connectivity index (χ4n) is 5.22. The number of nitrogens with zero attached hydrogens (tertiary/aromatic N) is 1. The highest BCUT2D eigenvalue weighted by atomic mass is 19.1. The zero-order valence-corrected chi connectivity index (χ0v) is 13.4. The van der Waals surface area contributed by atoms with Crippen LogP contribution in [0.5, 0.6) is 5.75 Å². The van der Waals surface area contributed by atoms with Crippen LogP contribution in [0.1, 0.15) is 50.0 Å². The average molecular weight is 303 g/mol. The van der Waals surface area contributed by atoms with Crippen molar-refractivity contribution in [3.05, 3.63) is 29.6 Å². The molecule has 2 nitrogen and oxygen atoms in total. The Labute approximate surface area is 132 Å². The second-order valence-electron chi connectivity index (χ2n) is 7.44. The number of fused-ring (bicyclic) bond motifs is 2. The van der Waals surface area contributed by atoms with Crippen LogP contribution in [0.25, 0.3) is 0 Å². The maximum absolute atomic E-state index is 13.6. The molecule has 1 aromatic carbocycles. The molecule has 22 heavy (non-hydrogen) atoms. The molecule has 4 rings (SSSR count). The summed E-state index contributed by atoms with van der Waals surface area (Å²) >= 11 is 0. The summed E-state index contributed by atoms with van der Waals surface area (Å²) in [7, 11) is 1.68. The molecule has 1 saturated heterocycles. The van der Waals surface area contributed by atoms with Gasteiger partial charge in [0.05, 0.1) is 7.11 Å². The largest absolute Gasteiger partial charge is 0.496 e. The molecule has 0 spiro atoms. The molecule has 0 amide bonds. The van der Waals surface area contributed by atoms with Crippen molar-refractivity contribution in [2.45, 2.75) is 50.5 Å². The molecule has 0 N–H and O–H groups in total. The van der Waals surface area contributed by atoms with E-state index in [1.807, 2.05) is 0 Å². The van der Waals surface area contributed by atoms with E-state index >= 15 is 0 Å². The van der Waals surface area contributed by atoms with Gasteiger partial charge < -0.3 is 9.64 Å². The van der Waals surface area contributed by atoms with E-state index in [2.05, 4.69) is 4.90 Å². The molecule has 1 aliphatic heterocycles. The molecule has 2 saturated carbocycles. The highest BCUT2D eigenvalue weighted by Gasteiger charge is 2.43. The molecule has 2 bridgehead atoms. The number of methoxy groups -OCH3 is 1. The van der Waals surface area contributed by atoms with Crippen molar-refractivity contribution in [1.29, 1.82) is 0 Å². The van der Waals surface area contributed by atoms with Gasteiger partial charge in [0.15, 0.2) is 0 Å². The first kappa shape index (κ1) is 14.5. The molecule has 0 aromatic heterocycles. The van der Waals surface area contributed by atoms with Crippen molar-refractivity contribution in [2.75, 3.05) is 20.2 Å². The Bertz CT molecular complexity index is 538. The normalized spacial score (nSPS) is 32.5. The first-order valence-electron chi connectivity index (χ1n) is 8.82. The lowest BCUT2D eigenvalue weighted by atomic mass is 9.86. The number of hydrogen-bond donors (Lipinski definition) is 0. The first-order chi connectivity index (χ1) is 10.7. The Kier molecular flexibility index (Phi) is 3.85. The van der Waals surface area contributed by atoms with Crippen LogP contribution in [0.3, 0.4) is 0 Å². The molecule has 3 heteroatoms. The third-order valence-corrected chi connectivity index (χ3v) is 6.33. The van der Waals surface area contributed by atoms with Gasteiger partial charge in [-0.25, -0.2) is 4.39 Å². The van der Waals surface area contributed by atoms with E-state index in [-0.39, 0.29) is 5.82 Å². The summed E-state index contributed by atoms with van der Waals surface area (Å²) in [6.07, 6.45) is 8.09. The smallest absolute Gasteiger partial charge is 0.123 e. The van der Waals surface area contributed by atoms with Crippen LogP contribution in [0.2, 0.25) is 0 Å². The molecule has 1 aromatic rings. The molecular formula is C19H26FNO. The SMILES string of the molecule is COc1ccc(F)cc1C1CCN([C@H]2C[C@H]3CC[C@H]2C3)CC1. The standard InChI is InChI=1S/C19H26FNO/c1-22-19-5-4-16(20)12-17(19)14-6-8-21(9-7-14)18-11-13-2-3-15(18)10-13/h4-5,12-15,18H,2-3,6-11H2,1H3/t13-,15-,18-/m0/s1. The Morgan fingerprint density at radius 1 is 1.09 bits per heavy atom. The third kappa shape index (κ3) is 2.54. The van der Waals surface area contributed by atoms with Gasteiger partial charge in [0, 0.05) is 11.6 Å². The zero-order valence-electron chi connectivity index (χ0n) is 13.4. The van der Waals surface area contributed by atoms with Crippen molar-refractivity contribution in [2.24, 2.45) is 11.8 Å².